The highest BCUT2D eigenvalue weighted by molar-refractivity contribution is 9.10. The Labute approximate surface area is 136 Å². The quantitative estimate of drug-likeness (QED) is 0.566. The van der Waals surface area contributed by atoms with Gasteiger partial charge in [-0.3, -0.25) is 0 Å². The van der Waals surface area contributed by atoms with Crippen LogP contribution in [0.25, 0.3) is 0 Å². The van der Waals surface area contributed by atoms with E-state index in [4.69, 9.17) is 9.16 Å². The fraction of sp³-hybridized carbons (Fsp3) is 0.533. The molecule has 0 spiro atoms. The molecule has 6 heteroatoms. The summed E-state index contributed by atoms with van der Waals surface area (Å²) < 4.78 is 16.9. The van der Waals surface area contributed by atoms with E-state index >= 15 is 0 Å². The van der Waals surface area contributed by atoms with Crippen LogP contribution in [0, 0.1) is 0 Å². The zero-order valence-electron chi connectivity index (χ0n) is 13.5. The number of benzene rings is 1. The maximum atomic E-state index is 11.1. The van der Waals surface area contributed by atoms with Gasteiger partial charge in [-0.2, -0.15) is 0 Å². The zero-order valence-corrected chi connectivity index (χ0v) is 16.0. The summed E-state index contributed by atoms with van der Waals surface area (Å²) in [4.78, 5) is 11.1. The number of hydrogen-bond acceptors (Lipinski definition) is 4. The number of carbonyl (C=O) groups is 1. The Hall–Kier alpha value is -1.01. The Balaban J connectivity index is 2.81. The monoisotopic (exact) mass is 374 g/mol. The molecule has 0 aromatic heterocycles. The van der Waals surface area contributed by atoms with Crippen LogP contribution in [0.15, 0.2) is 22.7 Å². The molecule has 0 N–H and O–H groups in total. The summed E-state index contributed by atoms with van der Waals surface area (Å²) in [7, 11) is -0.534. The van der Waals surface area contributed by atoms with Crippen molar-refractivity contribution in [1.82, 2.24) is 0 Å². The number of halogens is 1. The van der Waals surface area contributed by atoms with E-state index in [1.54, 1.807) is 6.07 Å². The van der Waals surface area contributed by atoms with Crippen molar-refractivity contribution in [2.75, 3.05) is 13.7 Å². The van der Waals surface area contributed by atoms with Gasteiger partial charge < -0.3 is 13.9 Å². The van der Waals surface area contributed by atoms with E-state index in [2.05, 4.69) is 54.5 Å². The van der Waals surface area contributed by atoms with E-state index in [0.29, 0.717) is 5.75 Å². The van der Waals surface area contributed by atoms with Crippen LogP contribution in [-0.4, -0.2) is 28.0 Å². The molecule has 0 radical (unpaired) electrons. The molecule has 118 valence electrons. The summed E-state index contributed by atoms with van der Waals surface area (Å²) in [5.41, 5.74) is 0. The summed E-state index contributed by atoms with van der Waals surface area (Å²) >= 11 is 3.44. The molecule has 0 amide bonds. The van der Waals surface area contributed by atoms with E-state index in [1.807, 2.05) is 12.1 Å². The van der Waals surface area contributed by atoms with Gasteiger partial charge in [0.05, 0.1) is 11.6 Å². The lowest BCUT2D eigenvalue weighted by Gasteiger charge is -2.36. The topological polar surface area (TPSA) is 44.8 Å². The molecule has 0 aliphatic rings. The van der Waals surface area contributed by atoms with Gasteiger partial charge in [0.15, 0.2) is 6.61 Å². The van der Waals surface area contributed by atoms with Crippen LogP contribution in [0.1, 0.15) is 20.8 Å². The summed E-state index contributed by atoms with van der Waals surface area (Å²) in [6.45, 7) is 10.9. The number of methoxy groups -OCH3 is 1. The molecule has 0 unspecified atom stereocenters. The van der Waals surface area contributed by atoms with Crippen molar-refractivity contribution in [3.8, 4) is 11.5 Å². The first kappa shape index (κ1) is 18.0. The Morgan fingerprint density at radius 2 is 1.90 bits per heavy atom. The molecule has 0 atom stereocenters. The third-order valence-electron chi connectivity index (χ3n) is 3.66. The Morgan fingerprint density at radius 3 is 2.38 bits per heavy atom. The van der Waals surface area contributed by atoms with Gasteiger partial charge >= 0.3 is 5.97 Å². The van der Waals surface area contributed by atoms with E-state index in [-0.39, 0.29) is 11.6 Å². The van der Waals surface area contributed by atoms with Crippen LogP contribution in [-0.2, 0) is 9.53 Å². The SMILES string of the molecule is COC(=O)COc1ccc(O[Si](C)(C)C(C)(C)C)cc1Br. The predicted molar refractivity (Wildman–Crippen MR) is 89.5 cm³/mol. The highest BCUT2D eigenvalue weighted by Crippen LogP contribution is 2.38. The van der Waals surface area contributed by atoms with Gasteiger partial charge in [0, 0.05) is 0 Å². The number of hydrogen-bond donors (Lipinski definition) is 0. The molecule has 1 rings (SSSR count). The molecule has 0 aliphatic carbocycles. The maximum absolute atomic E-state index is 11.1. The summed E-state index contributed by atoms with van der Waals surface area (Å²) in [5.74, 6) is 0.977. The second-order valence-corrected chi connectivity index (χ2v) is 11.9. The highest BCUT2D eigenvalue weighted by Gasteiger charge is 2.39. The lowest BCUT2D eigenvalue weighted by atomic mass is 10.2. The molecule has 0 saturated heterocycles. The fourth-order valence-corrected chi connectivity index (χ4v) is 2.80. The highest BCUT2D eigenvalue weighted by atomic mass is 79.9. The van der Waals surface area contributed by atoms with Crippen molar-refractivity contribution in [3.63, 3.8) is 0 Å². The second kappa shape index (κ2) is 6.83. The predicted octanol–water partition coefficient (Wildman–Crippen LogP) is 4.38. The fourth-order valence-electron chi connectivity index (χ4n) is 1.31. The van der Waals surface area contributed by atoms with Gasteiger partial charge in [-0.15, -0.1) is 0 Å². The van der Waals surface area contributed by atoms with Crippen LogP contribution in [0.2, 0.25) is 18.1 Å². The average molecular weight is 375 g/mol. The molecular weight excluding hydrogens is 352 g/mol. The number of ether oxygens (including phenoxy) is 2. The lowest BCUT2D eigenvalue weighted by molar-refractivity contribution is -0.142. The molecule has 21 heavy (non-hydrogen) atoms. The van der Waals surface area contributed by atoms with E-state index in [0.717, 1.165) is 10.2 Å². The van der Waals surface area contributed by atoms with Crippen LogP contribution < -0.4 is 9.16 Å². The molecule has 0 aliphatic heterocycles. The van der Waals surface area contributed by atoms with Crippen molar-refractivity contribution < 1.29 is 18.7 Å². The lowest BCUT2D eigenvalue weighted by Crippen LogP contribution is -2.43. The summed E-state index contributed by atoms with van der Waals surface area (Å²) in [6.07, 6.45) is 0. The Bertz CT molecular complexity index is 509. The van der Waals surface area contributed by atoms with E-state index in [1.165, 1.54) is 7.11 Å². The minimum absolute atomic E-state index is 0.114. The van der Waals surface area contributed by atoms with Crippen molar-refractivity contribution in [2.24, 2.45) is 0 Å². The van der Waals surface area contributed by atoms with E-state index < -0.39 is 14.3 Å². The van der Waals surface area contributed by atoms with Gasteiger partial charge in [0.2, 0.25) is 8.32 Å². The van der Waals surface area contributed by atoms with Crippen molar-refractivity contribution >= 4 is 30.2 Å². The molecule has 1 aromatic rings. The molecule has 0 fully saturated rings. The van der Waals surface area contributed by atoms with Crippen LogP contribution in [0.5, 0.6) is 11.5 Å². The molecule has 0 heterocycles. The molecule has 4 nitrogen and oxygen atoms in total. The molecule has 0 bridgehead atoms. The van der Waals surface area contributed by atoms with Gasteiger partial charge in [-0.1, -0.05) is 20.8 Å². The van der Waals surface area contributed by atoms with Gasteiger partial charge in [0.1, 0.15) is 11.5 Å². The summed E-state index contributed by atoms with van der Waals surface area (Å²) in [6, 6.07) is 5.51. The van der Waals surface area contributed by atoms with Crippen LogP contribution >= 0.6 is 15.9 Å². The number of rotatable bonds is 5. The zero-order chi connectivity index (χ0) is 16.3. The smallest absolute Gasteiger partial charge is 0.343 e. The minimum Gasteiger partial charge on any atom is -0.543 e. The molecule has 1 aromatic carbocycles. The van der Waals surface area contributed by atoms with Crippen molar-refractivity contribution in [1.29, 1.82) is 0 Å². The Kier molecular flexibility index (Phi) is 5.87. The van der Waals surface area contributed by atoms with Crippen molar-refractivity contribution in [3.05, 3.63) is 22.7 Å². The molecular formula is C15H23BrO4Si. The summed E-state index contributed by atoms with van der Waals surface area (Å²) in [5, 5.41) is 0.138. The van der Waals surface area contributed by atoms with Gasteiger partial charge in [-0.25, -0.2) is 4.79 Å². The van der Waals surface area contributed by atoms with E-state index in [9.17, 15) is 4.79 Å². The largest absolute Gasteiger partial charge is 0.543 e. The second-order valence-electron chi connectivity index (χ2n) is 6.32. The Morgan fingerprint density at radius 1 is 1.29 bits per heavy atom. The first-order chi connectivity index (χ1) is 9.56. The first-order valence-electron chi connectivity index (χ1n) is 6.75. The number of carbonyl (C=O) groups excluding carboxylic acids is 1. The maximum Gasteiger partial charge on any atom is 0.343 e. The third kappa shape index (κ3) is 5.03. The average Bonchev–Trinajstić information content (AvgIpc) is 2.35. The van der Waals surface area contributed by atoms with Gasteiger partial charge in [0.25, 0.3) is 0 Å². The molecule has 0 saturated carbocycles. The van der Waals surface area contributed by atoms with Crippen molar-refractivity contribution in [2.45, 2.75) is 38.9 Å². The third-order valence-corrected chi connectivity index (χ3v) is 8.63. The van der Waals surface area contributed by atoms with Crippen LogP contribution in [0.3, 0.4) is 0 Å². The minimum atomic E-state index is -1.86. The van der Waals surface area contributed by atoms with Gasteiger partial charge in [-0.05, 0) is 52.3 Å². The number of esters is 1. The first-order valence-corrected chi connectivity index (χ1v) is 10.4. The standard InChI is InChI=1S/C15H23BrO4Si/c1-15(2,3)21(5,6)20-11-7-8-13(12(16)9-11)19-10-14(17)18-4/h7-9H,10H2,1-6H3. The van der Waals surface area contributed by atoms with Crippen LogP contribution in [0.4, 0.5) is 0 Å². The normalized spacial score (nSPS) is 12.0.